The van der Waals surface area contributed by atoms with Gasteiger partial charge in [-0.15, -0.1) is 0 Å². The van der Waals surface area contributed by atoms with Gasteiger partial charge >= 0.3 is 0 Å². The molecule has 2 nitrogen and oxygen atoms in total. The van der Waals surface area contributed by atoms with Crippen LogP contribution in [-0.4, -0.2) is 0 Å². The first-order valence-corrected chi connectivity index (χ1v) is 5.76. The van der Waals surface area contributed by atoms with Crippen molar-refractivity contribution in [3.05, 3.63) is 58.6 Å². The molecule has 17 heavy (non-hydrogen) atoms. The Labute approximate surface area is 106 Å². The predicted octanol–water partition coefficient (Wildman–Crippen LogP) is 3.81. The van der Waals surface area contributed by atoms with E-state index >= 15 is 0 Å². The Balaban J connectivity index is 2.07. The van der Waals surface area contributed by atoms with Gasteiger partial charge in [-0.05, 0) is 42.3 Å². The number of nitrogen functional groups attached to an aromatic ring is 1. The normalized spacial score (nSPS) is 10.2. The molecule has 0 amide bonds. The van der Waals surface area contributed by atoms with Crippen LogP contribution in [0.2, 0.25) is 5.02 Å². The lowest BCUT2D eigenvalue weighted by Gasteiger charge is -2.09. The quantitative estimate of drug-likeness (QED) is 0.837. The summed E-state index contributed by atoms with van der Waals surface area (Å²) in [4.78, 5) is 0. The zero-order chi connectivity index (χ0) is 12.3. The van der Waals surface area contributed by atoms with Gasteiger partial charge < -0.3 is 10.5 Å². The van der Waals surface area contributed by atoms with Crippen LogP contribution in [0.4, 0.5) is 5.69 Å². The maximum atomic E-state index is 5.92. The van der Waals surface area contributed by atoms with Crippen molar-refractivity contribution in [2.75, 3.05) is 5.73 Å². The minimum absolute atomic E-state index is 0.515. The smallest absolute Gasteiger partial charge is 0.124 e. The molecule has 0 aromatic heterocycles. The van der Waals surface area contributed by atoms with Crippen LogP contribution in [0.5, 0.6) is 5.75 Å². The number of rotatable bonds is 3. The summed E-state index contributed by atoms with van der Waals surface area (Å²) in [5.41, 5.74) is 8.53. The van der Waals surface area contributed by atoms with Gasteiger partial charge in [0.05, 0.1) is 0 Å². The molecule has 2 N–H and O–H groups in total. The highest BCUT2D eigenvalue weighted by molar-refractivity contribution is 6.30. The summed E-state index contributed by atoms with van der Waals surface area (Å²) in [6, 6.07) is 13.3. The minimum atomic E-state index is 0.515. The van der Waals surface area contributed by atoms with Crippen LogP contribution >= 0.6 is 11.6 Å². The van der Waals surface area contributed by atoms with Gasteiger partial charge in [-0.1, -0.05) is 29.8 Å². The molecule has 2 aromatic carbocycles. The van der Waals surface area contributed by atoms with Gasteiger partial charge in [0.25, 0.3) is 0 Å². The molecule has 3 heteroatoms. The Bertz CT molecular complexity index is 508. The van der Waals surface area contributed by atoms with Crippen molar-refractivity contribution in [3.63, 3.8) is 0 Å². The maximum absolute atomic E-state index is 5.92. The van der Waals surface area contributed by atoms with Crippen LogP contribution in [-0.2, 0) is 6.61 Å². The summed E-state index contributed by atoms with van der Waals surface area (Å²) in [6.07, 6.45) is 0. The first-order chi connectivity index (χ1) is 8.15. The molecule has 0 spiro atoms. The summed E-state index contributed by atoms with van der Waals surface area (Å²) in [7, 11) is 0. The summed E-state index contributed by atoms with van der Waals surface area (Å²) in [5, 5.41) is 0.683. The van der Waals surface area contributed by atoms with Crippen LogP contribution < -0.4 is 10.5 Å². The fourth-order valence-electron chi connectivity index (χ4n) is 1.50. The second-order valence-electron chi connectivity index (χ2n) is 3.94. The molecule has 88 valence electrons. The number of nitrogens with two attached hydrogens (primary N) is 1. The van der Waals surface area contributed by atoms with E-state index in [9.17, 15) is 0 Å². The van der Waals surface area contributed by atoms with E-state index in [1.807, 2.05) is 49.4 Å². The van der Waals surface area contributed by atoms with Gasteiger partial charge in [0.2, 0.25) is 0 Å². The third kappa shape index (κ3) is 3.14. The topological polar surface area (TPSA) is 35.2 Å². The highest BCUT2D eigenvalue weighted by Gasteiger charge is 2.01. The molecular formula is C14H14ClNO. The standard InChI is InChI=1S/C14H14ClNO/c1-10-2-5-12(15)8-14(10)17-9-11-3-6-13(16)7-4-11/h2-8H,9,16H2,1H3. The maximum Gasteiger partial charge on any atom is 0.124 e. The molecule has 0 unspecified atom stereocenters. The first kappa shape index (κ1) is 11.8. The van der Waals surface area contributed by atoms with Crippen LogP contribution in [0.25, 0.3) is 0 Å². The van der Waals surface area contributed by atoms with Gasteiger partial charge in [0.15, 0.2) is 0 Å². The van der Waals surface area contributed by atoms with E-state index in [0.717, 1.165) is 22.6 Å². The first-order valence-electron chi connectivity index (χ1n) is 5.38. The molecule has 0 fully saturated rings. The SMILES string of the molecule is Cc1ccc(Cl)cc1OCc1ccc(N)cc1. The summed E-state index contributed by atoms with van der Waals surface area (Å²) >= 11 is 5.92. The molecule has 0 saturated carbocycles. The lowest BCUT2D eigenvalue weighted by molar-refractivity contribution is 0.304. The highest BCUT2D eigenvalue weighted by atomic mass is 35.5. The fourth-order valence-corrected chi connectivity index (χ4v) is 1.67. The molecule has 2 rings (SSSR count). The second-order valence-corrected chi connectivity index (χ2v) is 4.38. The molecule has 0 aliphatic heterocycles. The average Bonchev–Trinajstić information content (AvgIpc) is 2.32. The van der Waals surface area contributed by atoms with Crippen molar-refractivity contribution in [1.29, 1.82) is 0 Å². The molecular weight excluding hydrogens is 234 g/mol. The summed E-state index contributed by atoms with van der Waals surface area (Å²) in [5.74, 6) is 0.814. The highest BCUT2D eigenvalue weighted by Crippen LogP contribution is 2.23. The zero-order valence-electron chi connectivity index (χ0n) is 9.61. The van der Waals surface area contributed by atoms with Gasteiger partial charge in [-0.2, -0.15) is 0 Å². The molecule has 0 saturated heterocycles. The monoisotopic (exact) mass is 247 g/mol. The lowest BCUT2D eigenvalue weighted by Crippen LogP contribution is -1.97. The number of hydrogen-bond acceptors (Lipinski definition) is 2. The fraction of sp³-hybridized carbons (Fsp3) is 0.143. The lowest BCUT2D eigenvalue weighted by atomic mass is 10.2. The van der Waals surface area contributed by atoms with E-state index in [1.165, 1.54) is 0 Å². The Morgan fingerprint density at radius 2 is 1.82 bits per heavy atom. The van der Waals surface area contributed by atoms with E-state index < -0.39 is 0 Å². The number of ether oxygens (including phenoxy) is 1. The average molecular weight is 248 g/mol. The Hall–Kier alpha value is -1.67. The van der Waals surface area contributed by atoms with E-state index in [0.29, 0.717) is 11.6 Å². The third-order valence-corrected chi connectivity index (χ3v) is 2.76. The van der Waals surface area contributed by atoms with Crippen LogP contribution in [0.15, 0.2) is 42.5 Å². The van der Waals surface area contributed by atoms with Gasteiger partial charge in [-0.25, -0.2) is 0 Å². The number of halogens is 1. The van der Waals surface area contributed by atoms with Crippen molar-refractivity contribution in [3.8, 4) is 5.75 Å². The molecule has 0 heterocycles. The molecule has 0 aliphatic rings. The van der Waals surface area contributed by atoms with Gasteiger partial charge in [0, 0.05) is 10.7 Å². The van der Waals surface area contributed by atoms with E-state index in [1.54, 1.807) is 0 Å². The largest absolute Gasteiger partial charge is 0.489 e. The predicted molar refractivity (Wildman–Crippen MR) is 71.4 cm³/mol. The molecule has 0 atom stereocenters. The molecule has 0 radical (unpaired) electrons. The summed E-state index contributed by atoms with van der Waals surface area (Å²) in [6.45, 7) is 2.51. The van der Waals surface area contributed by atoms with Gasteiger partial charge in [0.1, 0.15) is 12.4 Å². The number of hydrogen-bond donors (Lipinski definition) is 1. The third-order valence-electron chi connectivity index (χ3n) is 2.52. The second kappa shape index (κ2) is 5.11. The Morgan fingerprint density at radius 3 is 2.53 bits per heavy atom. The van der Waals surface area contributed by atoms with E-state index in [-0.39, 0.29) is 0 Å². The minimum Gasteiger partial charge on any atom is -0.489 e. The molecule has 0 aliphatic carbocycles. The van der Waals surface area contributed by atoms with Crippen LogP contribution in [0.3, 0.4) is 0 Å². The zero-order valence-corrected chi connectivity index (χ0v) is 10.4. The van der Waals surface area contributed by atoms with E-state index in [2.05, 4.69) is 0 Å². The van der Waals surface area contributed by atoms with Crippen molar-refractivity contribution < 1.29 is 4.74 Å². The number of aryl methyl sites for hydroxylation is 1. The van der Waals surface area contributed by atoms with Crippen LogP contribution in [0, 0.1) is 6.92 Å². The summed E-state index contributed by atoms with van der Waals surface area (Å²) < 4.78 is 5.72. The number of benzene rings is 2. The van der Waals surface area contributed by atoms with E-state index in [4.69, 9.17) is 22.1 Å². The van der Waals surface area contributed by atoms with Crippen molar-refractivity contribution in [2.45, 2.75) is 13.5 Å². The molecule has 0 bridgehead atoms. The van der Waals surface area contributed by atoms with Crippen molar-refractivity contribution in [2.24, 2.45) is 0 Å². The van der Waals surface area contributed by atoms with Gasteiger partial charge in [-0.3, -0.25) is 0 Å². The van der Waals surface area contributed by atoms with Crippen molar-refractivity contribution in [1.82, 2.24) is 0 Å². The number of anilines is 1. The Kier molecular flexibility index (Phi) is 3.55. The molecule has 2 aromatic rings. The van der Waals surface area contributed by atoms with Crippen molar-refractivity contribution >= 4 is 17.3 Å². The van der Waals surface area contributed by atoms with Crippen LogP contribution in [0.1, 0.15) is 11.1 Å². The Morgan fingerprint density at radius 1 is 1.12 bits per heavy atom.